The van der Waals surface area contributed by atoms with Crippen LogP contribution in [0.3, 0.4) is 0 Å². The molecule has 12 rings (SSSR count). The molecule has 3 aromatic carbocycles. The van der Waals surface area contributed by atoms with E-state index < -0.39 is 29.0 Å². The number of anilines is 3. The van der Waals surface area contributed by atoms with Crippen LogP contribution < -0.4 is 21.9 Å². The van der Waals surface area contributed by atoms with Gasteiger partial charge in [-0.2, -0.15) is 0 Å². The molecule has 0 spiro atoms. The number of hydrogen-bond acceptors (Lipinski definition) is 14. The Bertz CT molecular complexity index is 3410. The second kappa shape index (κ2) is 31.7. The molecule has 2 amide bonds. The van der Waals surface area contributed by atoms with Gasteiger partial charge in [-0.15, -0.1) is 6.58 Å². The van der Waals surface area contributed by atoms with Crippen LogP contribution in [0.2, 0.25) is 0 Å². The highest BCUT2D eigenvalue weighted by Gasteiger charge is 2.32. The second-order valence-electron chi connectivity index (χ2n) is 27.5. The first-order valence-electron chi connectivity index (χ1n) is 32.8. The molecule has 1 unspecified atom stereocenters. The van der Waals surface area contributed by atoms with Crippen LogP contribution in [0.25, 0.3) is 22.4 Å². The summed E-state index contributed by atoms with van der Waals surface area (Å²) in [6, 6.07) is 32.6. The van der Waals surface area contributed by atoms with Crippen LogP contribution in [0.5, 0.6) is 0 Å². The minimum Gasteiger partial charge on any atom is -0.444 e. The first kappa shape index (κ1) is 70.0. The zero-order chi connectivity index (χ0) is 64.2. The van der Waals surface area contributed by atoms with Gasteiger partial charge in [0.05, 0.1) is 12.2 Å². The lowest BCUT2D eigenvalue weighted by Gasteiger charge is -2.42. The Morgan fingerprint density at radius 2 is 1.15 bits per heavy atom. The lowest BCUT2D eigenvalue weighted by Crippen LogP contribution is -2.46. The zero-order valence-electron chi connectivity index (χ0n) is 54.9. The Morgan fingerprint density at radius 3 is 1.58 bits per heavy atom. The number of allylic oxidation sites excluding steroid dienone is 2. The molecule has 3 aromatic heterocycles. The monoisotopic (exact) mass is 1260 g/mol. The van der Waals surface area contributed by atoms with Crippen molar-refractivity contribution in [2.24, 2.45) is 0 Å². The highest BCUT2D eigenvalue weighted by atomic mass is 32.2. The summed E-state index contributed by atoms with van der Waals surface area (Å²) >= 11 is 1.40. The average molecular weight is 1260 g/mol. The number of nitrogen functional groups attached to an aromatic ring is 1. The second-order valence-corrected chi connectivity index (χ2v) is 28.3. The van der Waals surface area contributed by atoms with Crippen molar-refractivity contribution in [1.29, 1.82) is 0 Å². The predicted molar refractivity (Wildman–Crippen MR) is 373 cm³/mol. The van der Waals surface area contributed by atoms with E-state index in [0.29, 0.717) is 40.2 Å². The van der Waals surface area contributed by atoms with Crippen LogP contribution in [0.1, 0.15) is 187 Å². The van der Waals surface area contributed by atoms with Gasteiger partial charge >= 0.3 is 12.2 Å². The smallest absolute Gasteiger partial charge is 0.412 e. The van der Waals surface area contributed by atoms with Gasteiger partial charge in [-0.3, -0.25) is 20.3 Å². The molecule has 3 aliphatic heterocycles. The van der Waals surface area contributed by atoms with Gasteiger partial charge in [0.25, 0.3) is 5.56 Å². The average Bonchev–Trinajstić information content (AvgIpc) is 1.66. The lowest BCUT2D eigenvalue weighted by molar-refractivity contribution is 0.0624. The van der Waals surface area contributed by atoms with E-state index >= 15 is 0 Å². The van der Waals surface area contributed by atoms with Gasteiger partial charge in [0.1, 0.15) is 22.2 Å². The number of hydrogen-bond donors (Lipinski definition) is 4. The molecule has 6 heterocycles. The number of likely N-dealkylation sites (tertiary alicyclic amines) is 3. The Kier molecular flexibility index (Phi) is 24.4. The fourth-order valence-electron chi connectivity index (χ4n) is 12.8. The van der Waals surface area contributed by atoms with E-state index in [1.165, 1.54) is 161 Å². The van der Waals surface area contributed by atoms with Gasteiger partial charge in [-0.05, 0) is 273 Å². The number of carbonyl (C=O) groups excluding carboxylic acids is 2. The van der Waals surface area contributed by atoms with Crippen molar-refractivity contribution in [3.8, 4) is 5.82 Å². The van der Waals surface area contributed by atoms with E-state index in [-0.39, 0.29) is 13.0 Å². The first-order chi connectivity index (χ1) is 43.0. The molecule has 492 valence electrons. The number of thioether (sulfide) groups is 1. The molecule has 6 aromatic rings. The van der Waals surface area contributed by atoms with Crippen LogP contribution in [-0.4, -0.2) is 131 Å². The zero-order valence-corrected chi connectivity index (χ0v) is 55.7. The summed E-state index contributed by atoms with van der Waals surface area (Å²) in [7, 11) is 0. The molecular formula is C73H103N11O6S. The van der Waals surface area contributed by atoms with Crippen molar-refractivity contribution in [2.45, 2.75) is 211 Å². The number of nitrogens with zero attached hydrogens (tertiary/aromatic N) is 8. The standard InChI is InChI=1S/C20H30N2O2.C20H28N2O2.C17H19N5O2S.C15H22N2.CH4/c2*1-20(2,3)24-19(23)21-17-9-5-15(6-10-17)16-7-11-18(12-8-16)22-13-4-14-22;1-5-9-21-15(23)11-10-18-16(25-4)20-14(11)22(21)13-8-6-7-12(19-13)17(2,3)24;16-14-6-2-12(3-7-14)13-4-8-15(9-5-13)17-10-1-11-17;/h5-6,9-10,16,18H,4,7-8,11-14H2,1-3H3,(H,21,23);5-7,9-10,18H,4,8,11-14H2,1-3H3,(H,21,23);5-8,10,24H,1,9H2,2-4H3;2-3,6-7,13,15H,1,4-5,8-11,16H2;1H4. The molecule has 17 nitrogen and oxygen atoms in total. The number of fused-ring (bicyclic) bond motifs is 1. The summed E-state index contributed by atoms with van der Waals surface area (Å²) in [5.41, 5.74) is 12.5. The summed E-state index contributed by atoms with van der Waals surface area (Å²) in [5, 5.41) is 16.8. The molecule has 91 heavy (non-hydrogen) atoms. The van der Waals surface area contributed by atoms with Crippen LogP contribution in [0, 0.1) is 0 Å². The van der Waals surface area contributed by atoms with E-state index in [1.807, 2.05) is 84.2 Å². The molecule has 3 saturated heterocycles. The third-order valence-electron chi connectivity index (χ3n) is 18.1. The third-order valence-corrected chi connectivity index (χ3v) is 18.6. The van der Waals surface area contributed by atoms with Crippen molar-refractivity contribution in [2.75, 3.05) is 61.9 Å². The summed E-state index contributed by atoms with van der Waals surface area (Å²) in [5.74, 6) is 1.94. The minimum atomic E-state index is -1.10. The van der Waals surface area contributed by atoms with Crippen LogP contribution >= 0.6 is 11.8 Å². The van der Waals surface area contributed by atoms with E-state index in [2.05, 4.69) is 89.3 Å². The molecule has 2 saturated carbocycles. The number of aromatic nitrogens is 5. The fourth-order valence-corrected chi connectivity index (χ4v) is 13.1. The van der Waals surface area contributed by atoms with Crippen LogP contribution in [0.4, 0.5) is 26.7 Å². The Labute approximate surface area is 545 Å². The number of benzene rings is 3. The SMILES string of the molecule is C.C=CCn1c(=O)c2cnc(SC)nc2n1-c1cccc(C(C)(C)O)n1.CC(C)(C)OC(=O)Nc1ccc(C2=CCC(N3CCC3)CC2)cc1.CC(C)(C)OC(=O)Nc1ccc(C2CCC(N3CCC3)CC2)cc1.Nc1ccc(C2CCC(N3CCC3)CC2)cc1. The van der Waals surface area contributed by atoms with Crippen molar-refractivity contribution in [3.05, 3.63) is 149 Å². The topological polar surface area (TPSA) is 198 Å². The van der Waals surface area contributed by atoms with Crippen LogP contribution in [0.15, 0.2) is 126 Å². The van der Waals surface area contributed by atoms with E-state index in [1.54, 1.807) is 42.8 Å². The predicted octanol–water partition coefficient (Wildman–Crippen LogP) is 15.2. The summed E-state index contributed by atoms with van der Waals surface area (Å²) in [4.78, 5) is 57.4. The number of nitrogens with two attached hydrogens (primary N) is 1. The van der Waals surface area contributed by atoms with Crippen molar-refractivity contribution >= 4 is 57.6 Å². The molecule has 5 N–H and O–H groups in total. The largest absolute Gasteiger partial charge is 0.444 e. The molecule has 0 bridgehead atoms. The molecule has 6 aliphatic rings. The van der Waals surface area contributed by atoms with Gasteiger partial charge in [0, 0.05) is 41.4 Å². The maximum absolute atomic E-state index is 12.7. The Morgan fingerprint density at radius 1 is 0.670 bits per heavy atom. The van der Waals surface area contributed by atoms with Crippen molar-refractivity contribution in [3.63, 3.8) is 0 Å². The number of aliphatic hydroxyl groups is 1. The normalized spacial score (nSPS) is 21.1. The highest BCUT2D eigenvalue weighted by Crippen LogP contribution is 2.38. The van der Waals surface area contributed by atoms with Crippen LogP contribution in [-0.2, 0) is 21.6 Å². The van der Waals surface area contributed by atoms with Gasteiger partial charge in [-0.25, -0.2) is 33.9 Å². The molecule has 5 fully saturated rings. The highest BCUT2D eigenvalue weighted by molar-refractivity contribution is 7.98. The maximum Gasteiger partial charge on any atom is 0.412 e. The molecule has 3 aliphatic carbocycles. The van der Waals surface area contributed by atoms with Crippen molar-refractivity contribution in [1.82, 2.24) is 39.0 Å². The van der Waals surface area contributed by atoms with Gasteiger partial charge < -0.3 is 30.1 Å². The summed E-state index contributed by atoms with van der Waals surface area (Å²) in [6.07, 6.45) is 25.0. The number of nitrogens with one attached hydrogen (secondary N) is 2. The molecule has 18 heteroatoms. The molecular weight excluding hydrogens is 1160 g/mol. The van der Waals surface area contributed by atoms with Gasteiger partial charge in [0.15, 0.2) is 16.6 Å². The Balaban J connectivity index is 0.000000157. The minimum absolute atomic E-state index is 0. The quantitative estimate of drug-likeness (QED) is 0.0369. The Hall–Kier alpha value is -6.83. The number of carbonyl (C=O) groups is 2. The van der Waals surface area contributed by atoms with Gasteiger partial charge in [0.2, 0.25) is 0 Å². The first-order valence-corrected chi connectivity index (χ1v) is 34.0. The number of pyridine rings is 1. The van der Waals surface area contributed by atoms with E-state index in [4.69, 9.17) is 15.2 Å². The fraction of sp³-hybridized carbons (Fsp3) is 0.534. The van der Waals surface area contributed by atoms with Crippen molar-refractivity contribution < 1.29 is 24.2 Å². The maximum atomic E-state index is 12.7. The van der Waals surface area contributed by atoms with E-state index in [0.717, 1.165) is 53.9 Å². The number of rotatable bonds is 13. The molecule has 1 atom stereocenters. The molecule has 0 radical (unpaired) electrons. The lowest BCUT2D eigenvalue weighted by atomic mass is 9.80. The van der Waals surface area contributed by atoms with Gasteiger partial charge in [-0.1, -0.05) is 73.8 Å². The summed E-state index contributed by atoms with van der Waals surface area (Å²) in [6.45, 7) is 26.4. The van der Waals surface area contributed by atoms with E-state index in [9.17, 15) is 19.5 Å². The number of ether oxygens (including phenoxy) is 2. The summed E-state index contributed by atoms with van der Waals surface area (Å²) < 4.78 is 13.7. The number of amides is 2. The third kappa shape index (κ3) is 19.6.